The maximum atomic E-state index is 11.3. The summed E-state index contributed by atoms with van der Waals surface area (Å²) in [6.45, 7) is 13.1. The van der Waals surface area contributed by atoms with Gasteiger partial charge in [-0.2, -0.15) is 0 Å². The van der Waals surface area contributed by atoms with E-state index < -0.39 is 8.24 Å². The zero-order valence-corrected chi connectivity index (χ0v) is 12.1. The zero-order valence-electron chi connectivity index (χ0n) is 11.1. The molecule has 0 radical (unpaired) electrons. The van der Waals surface area contributed by atoms with Gasteiger partial charge in [-0.15, -0.1) is 0 Å². The third-order valence-electron chi connectivity index (χ3n) is 3.14. The van der Waals surface area contributed by atoms with Gasteiger partial charge in [-0.1, -0.05) is 26.6 Å². The Bertz CT molecular complexity index is 253. The van der Waals surface area contributed by atoms with Crippen LogP contribution >= 0.6 is 0 Å². The molecule has 5 heteroatoms. The molecule has 0 N–H and O–H groups in total. The van der Waals surface area contributed by atoms with Crippen molar-refractivity contribution in [2.75, 3.05) is 33.4 Å². The average molecular weight is 244 g/mol. The van der Waals surface area contributed by atoms with E-state index in [1.807, 2.05) is 6.92 Å². The summed E-state index contributed by atoms with van der Waals surface area (Å²) in [6, 6.07) is 0. The van der Waals surface area contributed by atoms with E-state index in [4.69, 9.17) is 4.74 Å². The molecule has 94 valence electrons. The summed E-state index contributed by atoms with van der Waals surface area (Å²) in [5.74, 6) is -0.127. The number of carbonyl (C=O) groups is 1. The smallest absolute Gasteiger partial charge is 0.309 e. The van der Waals surface area contributed by atoms with Crippen molar-refractivity contribution in [2.45, 2.75) is 26.6 Å². The van der Waals surface area contributed by atoms with Gasteiger partial charge in [0.15, 0.2) is 0 Å². The standard InChI is InChI=1S/C11H24N2O2Si/c1-10(11(14)15-2)8-12-6-7-13(9-12)16(3,4)5/h10H,6-9H2,1-5H3. The molecule has 1 aliphatic rings. The Balaban J connectivity index is 2.40. The summed E-state index contributed by atoms with van der Waals surface area (Å²) < 4.78 is 7.31. The Labute approximate surface area is 99.6 Å². The summed E-state index contributed by atoms with van der Waals surface area (Å²) in [5, 5.41) is 0. The van der Waals surface area contributed by atoms with Crippen molar-refractivity contribution in [1.82, 2.24) is 9.47 Å². The van der Waals surface area contributed by atoms with Crippen LogP contribution in [0.5, 0.6) is 0 Å². The van der Waals surface area contributed by atoms with E-state index in [-0.39, 0.29) is 11.9 Å². The van der Waals surface area contributed by atoms with Crippen LogP contribution < -0.4 is 0 Å². The van der Waals surface area contributed by atoms with Crippen LogP contribution in [0.15, 0.2) is 0 Å². The molecule has 1 fully saturated rings. The highest BCUT2D eigenvalue weighted by Gasteiger charge is 2.31. The van der Waals surface area contributed by atoms with Gasteiger partial charge in [0.1, 0.15) is 8.24 Å². The number of rotatable bonds is 4. The Kier molecular flexibility index (Phi) is 4.52. The molecule has 0 saturated carbocycles. The summed E-state index contributed by atoms with van der Waals surface area (Å²) in [6.07, 6.45) is 0. The quantitative estimate of drug-likeness (QED) is 0.550. The van der Waals surface area contributed by atoms with Crippen molar-refractivity contribution in [2.24, 2.45) is 5.92 Å². The van der Waals surface area contributed by atoms with Crippen molar-refractivity contribution in [3.63, 3.8) is 0 Å². The summed E-state index contributed by atoms with van der Waals surface area (Å²) in [7, 11) is 0.279. The van der Waals surface area contributed by atoms with Crippen LogP contribution in [0.4, 0.5) is 0 Å². The molecule has 1 aliphatic heterocycles. The van der Waals surface area contributed by atoms with Crippen LogP contribution in [-0.2, 0) is 9.53 Å². The number of carbonyl (C=O) groups excluding carboxylic acids is 1. The predicted octanol–water partition coefficient (Wildman–Crippen LogP) is 1.21. The Hall–Kier alpha value is -0.393. The van der Waals surface area contributed by atoms with Crippen molar-refractivity contribution in [3.05, 3.63) is 0 Å². The van der Waals surface area contributed by atoms with Crippen LogP contribution in [0, 0.1) is 5.92 Å². The molecule has 0 bridgehead atoms. The molecule has 16 heavy (non-hydrogen) atoms. The van der Waals surface area contributed by atoms with Crippen LogP contribution in [-0.4, -0.2) is 57.1 Å². The average Bonchev–Trinajstić information content (AvgIpc) is 2.64. The topological polar surface area (TPSA) is 32.8 Å². The lowest BCUT2D eigenvalue weighted by Crippen LogP contribution is -2.45. The fourth-order valence-corrected chi connectivity index (χ4v) is 3.40. The highest BCUT2D eigenvalue weighted by atomic mass is 28.3. The number of ether oxygens (including phenoxy) is 1. The van der Waals surface area contributed by atoms with E-state index in [0.29, 0.717) is 0 Å². The monoisotopic (exact) mass is 244 g/mol. The molecule has 0 aromatic carbocycles. The second-order valence-electron chi connectivity index (χ2n) is 5.58. The van der Waals surface area contributed by atoms with Crippen molar-refractivity contribution < 1.29 is 9.53 Å². The van der Waals surface area contributed by atoms with E-state index in [9.17, 15) is 4.79 Å². The lowest BCUT2D eigenvalue weighted by molar-refractivity contribution is -0.145. The van der Waals surface area contributed by atoms with E-state index in [2.05, 4.69) is 29.1 Å². The normalized spacial score (nSPS) is 21.1. The molecule has 0 aromatic rings. The minimum atomic E-state index is -1.18. The number of methoxy groups -OCH3 is 1. The molecule has 1 rings (SSSR count). The van der Waals surface area contributed by atoms with Gasteiger partial charge < -0.3 is 9.30 Å². The molecule has 0 amide bonds. The minimum absolute atomic E-state index is 0.0217. The van der Waals surface area contributed by atoms with Gasteiger partial charge in [0.2, 0.25) is 0 Å². The van der Waals surface area contributed by atoms with Crippen molar-refractivity contribution in [1.29, 1.82) is 0 Å². The summed E-state index contributed by atoms with van der Waals surface area (Å²) in [4.78, 5) is 13.7. The molecule has 1 heterocycles. The second-order valence-corrected chi connectivity index (χ2v) is 10.6. The van der Waals surface area contributed by atoms with Gasteiger partial charge in [0.25, 0.3) is 0 Å². The first-order valence-corrected chi connectivity index (χ1v) is 9.34. The molecule has 4 nitrogen and oxygen atoms in total. The number of nitrogens with zero attached hydrogens (tertiary/aromatic N) is 2. The van der Waals surface area contributed by atoms with Gasteiger partial charge in [0, 0.05) is 26.3 Å². The van der Waals surface area contributed by atoms with Crippen LogP contribution in [0.1, 0.15) is 6.92 Å². The molecular formula is C11H24N2O2Si. The maximum Gasteiger partial charge on any atom is 0.309 e. The fraction of sp³-hybridized carbons (Fsp3) is 0.909. The molecular weight excluding hydrogens is 220 g/mol. The van der Waals surface area contributed by atoms with Crippen molar-refractivity contribution >= 4 is 14.2 Å². The Morgan fingerprint density at radius 2 is 2.00 bits per heavy atom. The molecule has 1 atom stereocenters. The first kappa shape index (κ1) is 13.7. The van der Waals surface area contributed by atoms with Crippen LogP contribution in [0.25, 0.3) is 0 Å². The van der Waals surface area contributed by atoms with Gasteiger partial charge in [-0.3, -0.25) is 9.69 Å². The van der Waals surface area contributed by atoms with Gasteiger partial charge in [-0.05, 0) is 0 Å². The number of hydrogen-bond acceptors (Lipinski definition) is 4. The summed E-state index contributed by atoms with van der Waals surface area (Å²) >= 11 is 0. The van der Waals surface area contributed by atoms with E-state index in [1.54, 1.807) is 0 Å². The zero-order chi connectivity index (χ0) is 12.3. The highest BCUT2D eigenvalue weighted by molar-refractivity contribution is 6.73. The molecule has 0 aromatic heterocycles. The predicted molar refractivity (Wildman–Crippen MR) is 67.7 cm³/mol. The lowest BCUT2D eigenvalue weighted by Gasteiger charge is -2.30. The molecule has 1 unspecified atom stereocenters. The van der Waals surface area contributed by atoms with Gasteiger partial charge in [0.05, 0.1) is 13.0 Å². The fourth-order valence-electron chi connectivity index (χ4n) is 2.00. The lowest BCUT2D eigenvalue weighted by atomic mass is 10.2. The van der Waals surface area contributed by atoms with Crippen molar-refractivity contribution in [3.8, 4) is 0 Å². The third-order valence-corrected chi connectivity index (χ3v) is 5.40. The first-order valence-electron chi connectivity index (χ1n) is 5.90. The third kappa shape index (κ3) is 3.57. The SMILES string of the molecule is COC(=O)C(C)CN1CCN([Si](C)(C)C)C1. The summed E-state index contributed by atoms with van der Waals surface area (Å²) in [5.41, 5.74) is 0. The second kappa shape index (κ2) is 5.29. The largest absolute Gasteiger partial charge is 0.469 e. The van der Waals surface area contributed by atoms with Gasteiger partial charge >= 0.3 is 5.97 Å². The Morgan fingerprint density at radius 1 is 1.38 bits per heavy atom. The van der Waals surface area contributed by atoms with E-state index in [1.165, 1.54) is 7.11 Å². The number of hydrogen-bond donors (Lipinski definition) is 0. The Morgan fingerprint density at radius 3 is 2.44 bits per heavy atom. The molecule has 0 aliphatic carbocycles. The minimum Gasteiger partial charge on any atom is -0.469 e. The van der Waals surface area contributed by atoms with Gasteiger partial charge in [-0.25, -0.2) is 0 Å². The highest BCUT2D eigenvalue weighted by Crippen LogP contribution is 2.16. The van der Waals surface area contributed by atoms with Crippen LogP contribution in [0.2, 0.25) is 19.6 Å². The molecule has 1 saturated heterocycles. The van der Waals surface area contributed by atoms with Crippen LogP contribution in [0.3, 0.4) is 0 Å². The first-order chi connectivity index (χ1) is 7.34. The number of esters is 1. The molecule has 0 spiro atoms. The maximum absolute atomic E-state index is 11.3. The van der Waals surface area contributed by atoms with E-state index >= 15 is 0 Å². The van der Waals surface area contributed by atoms with E-state index in [0.717, 1.165) is 26.3 Å².